The first-order valence-electron chi connectivity index (χ1n) is 4.13. The van der Waals surface area contributed by atoms with Crippen molar-refractivity contribution in [1.82, 2.24) is 0 Å². The molecular formula is C10H9N2O3. The van der Waals surface area contributed by atoms with Gasteiger partial charge < -0.3 is 10.5 Å². The number of esters is 1. The number of carbonyl (C=O) groups excluding carboxylic acids is 2. The van der Waals surface area contributed by atoms with Gasteiger partial charge in [0.2, 0.25) is 6.29 Å². The Labute approximate surface area is 86.4 Å². The highest BCUT2D eigenvalue weighted by atomic mass is 16.5. The van der Waals surface area contributed by atoms with E-state index in [-0.39, 0.29) is 0 Å². The van der Waals surface area contributed by atoms with Crippen LogP contribution in [0.4, 0.5) is 0 Å². The number of hydrogen-bond donors (Lipinski definition) is 2. The van der Waals surface area contributed by atoms with Gasteiger partial charge in [0.05, 0.1) is 0 Å². The zero-order valence-corrected chi connectivity index (χ0v) is 7.77. The fraction of sp³-hybridized carbons (Fsp3) is 0.100. The molecule has 0 heterocycles. The third-order valence-electron chi connectivity index (χ3n) is 1.63. The molecule has 1 rings (SSSR count). The zero-order chi connectivity index (χ0) is 11.3. The van der Waals surface area contributed by atoms with Crippen molar-refractivity contribution in [3.63, 3.8) is 0 Å². The highest BCUT2D eigenvalue weighted by Crippen LogP contribution is 2.10. The predicted octanol–water partition coefficient (Wildman–Crippen LogP) is 0.254. The predicted molar refractivity (Wildman–Crippen MR) is 53.2 cm³/mol. The first-order chi connectivity index (χ1) is 7.15. The van der Waals surface area contributed by atoms with E-state index in [4.69, 9.17) is 15.9 Å². The molecule has 0 saturated carbocycles. The van der Waals surface area contributed by atoms with Crippen LogP contribution in [0, 0.1) is 11.3 Å². The van der Waals surface area contributed by atoms with Crippen molar-refractivity contribution in [2.75, 3.05) is 0 Å². The van der Waals surface area contributed by atoms with Crippen molar-refractivity contribution < 1.29 is 14.3 Å². The second-order valence-corrected chi connectivity index (χ2v) is 2.74. The smallest absolute Gasteiger partial charge is 0.330 e. The van der Waals surface area contributed by atoms with E-state index < -0.39 is 17.7 Å². The van der Waals surface area contributed by atoms with Gasteiger partial charge in [0.25, 0.3) is 0 Å². The van der Waals surface area contributed by atoms with E-state index in [0.717, 1.165) is 0 Å². The zero-order valence-electron chi connectivity index (χ0n) is 7.77. The lowest BCUT2D eigenvalue weighted by Gasteiger charge is -2.07. The Morgan fingerprint density at radius 1 is 1.40 bits per heavy atom. The summed E-state index contributed by atoms with van der Waals surface area (Å²) in [5.74, 6) is -2.64. The second-order valence-electron chi connectivity index (χ2n) is 2.74. The number of hydrogen-bond acceptors (Lipinski definition) is 4. The molecule has 1 aromatic carbocycles. The number of para-hydroxylation sites is 1. The lowest BCUT2D eigenvalue weighted by atomic mass is 10.1. The number of benzene rings is 1. The Balaban J connectivity index is 2.71. The molecule has 0 amide bonds. The van der Waals surface area contributed by atoms with E-state index in [1.807, 2.05) is 0 Å². The fourth-order valence-electron chi connectivity index (χ4n) is 0.902. The molecule has 0 aliphatic heterocycles. The number of amidine groups is 1. The molecule has 1 aromatic rings. The minimum atomic E-state index is -1.45. The molecule has 0 aliphatic carbocycles. The first-order valence-corrected chi connectivity index (χ1v) is 4.13. The van der Waals surface area contributed by atoms with Gasteiger partial charge in [-0.05, 0) is 12.1 Å². The molecule has 0 aliphatic rings. The normalized spacial score (nSPS) is 11.5. The number of rotatable bonds is 4. The van der Waals surface area contributed by atoms with Gasteiger partial charge in [-0.25, -0.2) is 0 Å². The van der Waals surface area contributed by atoms with Crippen molar-refractivity contribution in [2.24, 2.45) is 11.7 Å². The molecule has 15 heavy (non-hydrogen) atoms. The SMILES string of the molecule is N=C(N)C([C]=O)C(=O)Oc1ccccc1. The summed E-state index contributed by atoms with van der Waals surface area (Å²) in [5.41, 5.74) is 5.02. The van der Waals surface area contributed by atoms with E-state index in [1.165, 1.54) is 6.29 Å². The number of nitrogens with two attached hydrogens (primary N) is 1. The molecule has 1 unspecified atom stereocenters. The molecule has 1 atom stereocenters. The van der Waals surface area contributed by atoms with Crippen LogP contribution in [-0.2, 0) is 9.59 Å². The van der Waals surface area contributed by atoms with Crippen molar-refractivity contribution in [2.45, 2.75) is 0 Å². The van der Waals surface area contributed by atoms with Crippen LogP contribution in [0.25, 0.3) is 0 Å². The van der Waals surface area contributed by atoms with Crippen molar-refractivity contribution in [1.29, 1.82) is 5.41 Å². The minimum absolute atomic E-state index is 0.295. The molecule has 0 spiro atoms. The molecule has 0 bridgehead atoms. The number of carbonyl (C=O) groups is 1. The molecule has 3 N–H and O–H groups in total. The summed E-state index contributed by atoms with van der Waals surface area (Å²) in [5, 5.41) is 6.96. The van der Waals surface area contributed by atoms with Crippen LogP contribution in [0.1, 0.15) is 0 Å². The average molecular weight is 205 g/mol. The van der Waals surface area contributed by atoms with Crippen LogP contribution < -0.4 is 10.5 Å². The molecule has 0 saturated heterocycles. The lowest BCUT2D eigenvalue weighted by Crippen LogP contribution is -2.33. The van der Waals surface area contributed by atoms with Gasteiger partial charge >= 0.3 is 5.97 Å². The van der Waals surface area contributed by atoms with Crippen LogP contribution in [-0.4, -0.2) is 18.1 Å². The number of ether oxygens (including phenoxy) is 1. The van der Waals surface area contributed by atoms with Crippen LogP contribution in [0.15, 0.2) is 30.3 Å². The second kappa shape index (κ2) is 4.90. The van der Waals surface area contributed by atoms with E-state index >= 15 is 0 Å². The summed E-state index contributed by atoms with van der Waals surface area (Å²) in [6.07, 6.45) is 1.35. The quantitative estimate of drug-likeness (QED) is 0.242. The van der Waals surface area contributed by atoms with Crippen LogP contribution >= 0.6 is 0 Å². The molecule has 0 aromatic heterocycles. The van der Waals surface area contributed by atoms with E-state index in [2.05, 4.69) is 0 Å². The molecule has 5 nitrogen and oxygen atoms in total. The average Bonchev–Trinajstić information content (AvgIpc) is 2.19. The maximum atomic E-state index is 11.3. The molecule has 1 radical (unpaired) electrons. The highest BCUT2D eigenvalue weighted by Gasteiger charge is 2.24. The Morgan fingerprint density at radius 2 is 2.00 bits per heavy atom. The fourth-order valence-corrected chi connectivity index (χ4v) is 0.902. The minimum Gasteiger partial charge on any atom is -0.426 e. The Bertz CT molecular complexity index is 376. The third kappa shape index (κ3) is 2.91. The first kappa shape index (κ1) is 10.9. The van der Waals surface area contributed by atoms with Gasteiger partial charge in [-0.3, -0.25) is 15.0 Å². The lowest BCUT2D eigenvalue weighted by molar-refractivity contribution is -0.134. The molecule has 77 valence electrons. The van der Waals surface area contributed by atoms with E-state index in [1.54, 1.807) is 30.3 Å². The maximum Gasteiger partial charge on any atom is 0.330 e. The standard InChI is InChI=1S/C10H9N2O3/c11-9(12)8(6-13)10(14)15-7-4-2-1-3-5-7/h1-5,8H,(H3,11,12). The van der Waals surface area contributed by atoms with Gasteiger partial charge in [-0.1, -0.05) is 18.2 Å². The summed E-state index contributed by atoms with van der Waals surface area (Å²) in [6, 6.07) is 8.22. The van der Waals surface area contributed by atoms with Gasteiger partial charge in [0.1, 0.15) is 11.6 Å². The van der Waals surface area contributed by atoms with E-state index in [9.17, 15) is 9.59 Å². The summed E-state index contributed by atoms with van der Waals surface area (Å²) >= 11 is 0. The number of nitrogens with one attached hydrogen (secondary N) is 1. The topological polar surface area (TPSA) is 93.2 Å². The summed E-state index contributed by atoms with van der Waals surface area (Å²) < 4.78 is 4.81. The molecule has 5 heteroatoms. The Morgan fingerprint density at radius 3 is 2.47 bits per heavy atom. The van der Waals surface area contributed by atoms with Crippen molar-refractivity contribution in [3.05, 3.63) is 30.3 Å². The van der Waals surface area contributed by atoms with Crippen LogP contribution in [0.5, 0.6) is 5.75 Å². The summed E-state index contributed by atoms with van der Waals surface area (Å²) in [7, 11) is 0. The van der Waals surface area contributed by atoms with Crippen LogP contribution in [0.3, 0.4) is 0 Å². The Hall–Kier alpha value is -2.17. The third-order valence-corrected chi connectivity index (χ3v) is 1.63. The maximum absolute atomic E-state index is 11.3. The van der Waals surface area contributed by atoms with Crippen LogP contribution in [0.2, 0.25) is 0 Å². The summed E-state index contributed by atoms with van der Waals surface area (Å²) in [6.45, 7) is 0. The monoisotopic (exact) mass is 205 g/mol. The van der Waals surface area contributed by atoms with Crippen molar-refractivity contribution >= 4 is 18.1 Å². The molecular weight excluding hydrogens is 196 g/mol. The van der Waals surface area contributed by atoms with Gasteiger partial charge in [-0.15, -0.1) is 0 Å². The van der Waals surface area contributed by atoms with Crippen molar-refractivity contribution in [3.8, 4) is 5.75 Å². The highest BCUT2D eigenvalue weighted by molar-refractivity contribution is 6.11. The largest absolute Gasteiger partial charge is 0.426 e. The van der Waals surface area contributed by atoms with Gasteiger partial charge in [-0.2, -0.15) is 0 Å². The Kier molecular flexibility index (Phi) is 3.56. The van der Waals surface area contributed by atoms with E-state index in [0.29, 0.717) is 5.75 Å². The molecule has 0 fully saturated rings. The van der Waals surface area contributed by atoms with Gasteiger partial charge in [0.15, 0.2) is 5.92 Å². The van der Waals surface area contributed by atoms with Gasteiger partial charge in [0, 0.05) is 0 Å². The summed E-state index contributed by atoms with van der Waals surface area (Å²) in [4.78, 5) is 21.6.